The van der Waals surface area contributed by atoms with Gasteiger partial charge in [-0.2, -0.15) is 0 Å². The number of methoxy groups -OCH3 is 2. The maximum Gasteiger partial charge on any atom is 0.252 e. The van der Waals surface area contributed by atoms with E-state index in [0.717, 1.165) is 59.0 Å². The van der Waals surface area contributed by atoms with Gasteiger partial charge < -0.3 is 29.3 Å². The summed E-state index contributed by atoms with van der Waals surface area (Å²) < 4.78 is 18.7. The van der Waals surface area contributed by atoms with Gasteiger partial charge in [0.2, 0.25) is 17.7 Å². The van der Waals surface area contributed by atoms with Crippen LogP contribution in [0.3, 0.4) is 0 Å². The monoisotopic (exact) mass is 802 g/mol. The van der Waals surface area contributed by atoms with Crippen molar-refractivity contribution >= 4 is 46.5 Å². The van der Waals surface area contributed by atoms with Crippen molar-refractivity contribution in [3.05, 3.63) is 61.3 Å². The van der Waals surface area contributed by atoms with Crippen molar-refractivity contribution in [2.45, 2.75) is 83.1 Å². The van der Waals surface area contributed by atoms with Crippen LogP contribution in [0.15, 0.2) is 61.3 Å². The molecule has 2 aromatic heterocycles. The fraction of sp³-hybridized carbons (Fsp3) is 0.488. The molecule has 2 saturated heterocycles. The summed E-state index contributed by atoms with van der Waals surface area (Å²) in [4.78, 5) is 62.6. The number of amides is 4. The van der Waals surface area contributed by atoms with Crippen molar-refractivity contribution in [1.29, 1.82) is 0 Å². The van der Waals surface area contributed by atoms with Crippen molar-refractivity contribution in [1.82, 2.24) is 29.8 Å². The number of hydrogen-bond donors (Lipinski definition) is 2. The van der Waals surface area contributed by atoms with Crippen LogP contribution in [0.25, 0.3) is 22.3 Å². The molecular formula is C43H58N6O7S. The van der Waals surface area contributed by atoms with Gasteiger partial charge in [-0.05, 0) is 74.2 Å². The molecule has 1 aliphatic carbocycles. The molecule has 3 aromatic rings. The highest BCUT2D eigenvalue weighted by Crippen LogP contribution is 2.32. The average Bonchev–Trinajstić information content (AvgIpc) is 3.94. The molecule has 0 bridgehead atoms. The van der Waals surface area contributed by atoms with E-state index in [1.807, 2.05) is 42.5 Å². The van der Waals surface area contributed by atoms with Crippen LogP contribution in [0.5, 0.6) is 11.5 Å². The van der Waals surface area contributed by atoms with Crippen LogP contribution in [0.1, 0.15) is 65.7 Å². The Morgan fingerprint density at radius 1 is 0.965 bits per heavy atom. The first-order valence-electron chi connectivity index (χ1n) is 19.3. The summed E-state index contributed by atoms with van der Waals surface area (Å²) in [6.07, 6.45) is 15.3. The van der Waals surface area contributed by atoms with Crippen molar-refractivity contribution in [3.63, 3.8) is 0 Å². The van der Waals surface area contributed by atoms with Gasteiger partial charge in [-0.25, -0.2) is 4.98 Å². The molecule has 1 unspecified atom stereocenters. The number of nitrogens with one attached hydrogen (secondary N) is 2. The number of likely N-dealkylation sites (tertiary alicyclic amines) is 1. The van der Waals surface area contributed by atoms with Gasteiger partial charge in [0.05, 0.1) is 44.3 Å². The predicted octanol–water partition coefficient (Wildman–Crippen LogP) is 5.83. The van der Waals surface area contributed by atoms with Crippen LogP contribution in [0, 0.1) is 18.8 Å². The molecule has 2 aliphatic heterocycles. The highest BCUT2D eigenvalue weighted by molar-refractivity contribution is 7.98. The number of pyridine rings is 2. The van der Waals surface area contributed by atoms with Crippen LogP contribution in [-0.2, 0) is 23.9 Å². The van der Waals surface area contributed by atoms with Crippen LogP contribution in [0.4, 0.5) is 0 Å². The first-order chi connectivity index (χ1) is 27.5. The summed E-state index contributed by atoms with van der Waals surface area (Å²) in [6.45, 7) is 12.8. The number of aromatic nitrogens is 2. The summed E-state index contributed by atoms with van der Waals surface area (Å²) in [7, 11) is 3.29. The minimum atomic E-state index is -0.711. The smallest absolute Gasteiger partial charge is 0.252 e. The Bertz CT molecular complexity index is 1780. The maximum absolute atomic E-state index is 12.9. The molecule has 4 amide bonds. The number of nitrogens with zero attached hydrogens (tertiary/aromatic N) is 4. The lowest BCUT2D eigenvalue weighted by molar-refractivity contribution is -0.142. The lowest BCUT2D eigenvalue weighted by atomic mass is 10.1. The molecule has 3 fully saturated rings. The number of morpholine rings is 1. The predicted molar refractivity (Wildman–Crippen MR) is 225 cm³/mol. The van der Waals surface area contributed by atoms with Gasteiger partial charge in [0, 0.05) is 61.4 Å². The van der Waals surface area contributed by atoms with Crippen LogP contribution >= 0.6 is 11.9 Å². The number of fused-ring (bicyclic) bond motifs is 1. The summed E-state index contributed by atoms with van der Waals surface area (Å²) >= 11 is 1.40. The summed E-state index contributed by atoms with van der Waals surface area (Å²) in [6, 6.07) is 12.1. The molecule has 3 aliphatic rings. The molecule has 0 radical (unpaired) electrons. The normalized spacial score (nSPS) is 16.3. The van der Waals surface area contributed by atoms with E-state index in [2.05, 4.69) is 60.2 Å². The van der Waals surface area contributed by atoms with E-state index >= 15 is 0 Å². The molecule has 308 valence electrons. The number of benzene rings is 1. The number of hydrogen-bond acceptors (Lipinski definition) is 10. The van der Waals surface area contributed by atoms with Gasteiger partial charge in [-0.1, -0.05) is 32.9 Å². The molecule has 0 spiro atoms. The van der Waals surface area contributed by atoms with E-state index in [1.165, 1.54) is 11.9 Å². The second-order valence-corrected chi connectivity index (χ2v) is 15.3. The Balaban J connectivity index is 0.000000286. The molecule has 13 nitrogen and oxygen atoms in total. The van der Waals surface area contributed by atoms with Crippen LogP contribution in [0.2, 0.25) is 0 Å². The molecule has 1 aromatic carbocycles. The third kappa shape index (κ3) is 15.0. The van der Waals surface area contributed by atoms with E-state index in [0.29, 0.717) is 50.9 Å². The highest BCUT2D eigenvalue weighted by Gasteiger charge is 2.36. The topological polar surface area (TPSA) is 152 Å². The van der Waals surface area contributed by atoms with Gasteiger partial charge in [0.15, 0.2) is 0 Å². The third-order valence-corrected chi connectivity index (χ3v) is 9.93. The molecular weight excluding hydrogens is 745 g/mol. The fourth-order valence-electron chi connectivity index (χ4n) is 5.85. The molecule has 2 N–H and O–H groups in total. The van der Waals surface area contributed by atoms with E-state index < -0.39 is 12.1 Å². The van der Waals surface area contributed by atoms with E-state index in [4.69, 9.17) is 14.2 Å². The van der Waals surface area contributed by atoms with Crippen molar-refractivity contribution in [2.24, 2.45) is 5.92 Å². The van der Waals surface area contributed by atoms with E-state index in [-0.39, 0.29) is 36.5 Å². The van der Waals surface area contributed by atoms with Gasteiger partial charge in [0.25, 0.3) is 5.91 Å². The number of carbonyl (C=O) groups is 4. The molecule has 57 heavy (non-hydrogen) atoms. The molecule has 1 saturated carbocycles. The second kappa shape index (κ2) is 24.5. The first-order valence-corrected chi connectivity index (χ1v) is 20.2. The van der Waals surface area contributed by atoms with Crippen molar-refractivity contribution in [3.8, 4) is 35.7 Å². The Morgan fingerprint density at radius 2 is 1.67 bits per heavy atom. The molecule has 4 heterocycles. The maximum atomic E-state index is 12.9. The SMILES string of the molecule is C#C.C=CCC(NC(=O)[C@@H]1CCCN1C(=O)CCC(=O)N1CCOCC1)C(=O)NSC1CC1.CC(C)C.COc1ccc2c(OC)cc(-c3ccccn3)nc2c1. The van der Waals surface area contributed by atoms with Crippen molar-refractivity contribution in [2.75, 3.05) is 47.1 Å². The Labute approximate surface area is 341 Å². The summed E-state index contributed by atoms with van der Waals surface area (Å²) in [5.41, 5.74) is 2.42. The average molecular weight is 803 g/mol. The largest absolute Gasteiger partial charge is 0.497 e. The highest BCUT2D eigenvalue weighted by atomic mass is 32.2. The van der Waals surface area contributed by atoms with Gasteiger partial charge in [-0.15, -0.1) is 19.4 Å². The van der Waals surface area contributed by atoms with E-state index in [1.54, 1.807) is 36.3 Å². The zero-order valence-corrected chi connectivity index (χ0v) is 34.7. The van der Waals surface area contributed by atoms with Crippen LogP contribution in [-0.4, -0.2) is 108 Å². The molecule has 14 heteroatoms. The zero-order valence-electron chi connectivity index (χ0n) is 33.9. The lowest BCUT2D eigenvalue weighted by Gasteiger charge is -2.28. The number of ether oxygens (including phenoxy) is 3. The number of carbonyl (C=O) groups excluding carboxylic acids is 4. The standard InChI is InChI=1S/C21H32N4O5S.C16H14N2O2.C4H10.C2H2/c1-2-4-16(20(28)23-31-15-6-7-15)22-21(29)17-5-3-10-25(17)19(27)9-8-18(26)24-11-13-30-14-12-24;1-19-11-6-7-12-14(9-11)18-15(10-16(12)20-2)13-5-3-4-8-17-13;1-4(2)3;1-2/h2,15-17H,1,3-14H2,(H,22,29)(H,23,28);3-10H,1-2H3;4H,1-3H3;1-2H/t16?,17-;;;/m0.../s1. The number of terminal acetylenes is 1. The Morgan fingerprint density at radius 3 is 2.28 bits per heavy atom. The summed E-state index contributed by atoms with van der Waals surface area (Å²) in [5.74, 6) is 1.53. The quantitative estimate of drug-likeness (QED) is 0.123. The molecule has 2 atom stereocenters. The Kier molecular flexibility index (Phi) is 19.9. The van der Waals surface area contributed by atoms with Crippen LogP contribution < -0.4 is 19.5 Å². The van der Waals surface area contributed by atoms with Crippen molar-refractivity contribution < 1.29 is 33.4 Å². The van der Waals surface area contributed by atoms with Gasteiger partial charge in [0.1, 0.15) is 23.6 Å². The minimum absolute atomic E-state index is 0.0623. The van der Waals surface area contributed by atoms with Gasteiger partial charge >= 0.3 is 0 Å². The lowest BCUT2D eigenvalue weighted by Crippen LogP contribution is -2.52. The van der Waals surface area contributed by atoms with Gasteiger partial charge in [-0.3, -0.25) is 28.9 Å². The van der Waals surface area contributed by atoms with E-state index in [9.17, 15) is 19.2 Å². The zero-order chi connectivity index (χ0) is 41.7. The second-order valence-electron chi connectivity index (χ2n) is 14.1. The minimum Gasteiger partial charge on any atom is -0.497 e. The molecule has 6 rings (SSSR count). The Hall–Kier alpha value is -5.13. The fourth-order valence-corrected chi connectivity index (χ4v) is 6.65. The number of rotatable bonds is 13. The third-order valence-electron chi connectivity index (χ3n) is 8.80. The first kappa shape index (κ1) is 46.3. The summed E-state index contributed by atoms with van der Waals surface area (Å²) in [5, 5.41) is 4.20.